The summed E-state index contributed by atoms with van der Waals surface area (Å²) in [7, 11) is 0. The van der Waals surface area contributed by atoms with Gasteiger partial charge in [-0.25, -0.2) is 0 Å². The first-order valence-electron chi connectivity index (χ1n) is 5.34. The number of ketones is 1. The number of carbonyl (C=O) groups is 1. The van der Waals surface area contributed by atoms with Crippen LogP contribution in [0.1, 0.15) is 35.5 Å². The van der Waals surface area contributed by atoms with Crippen molar-refractivity contribution >= 4 is 17.1 Å². The van der Waals surface area contributed by atoms with Gasteiger partial charge < -0.3 is 5.73 Å². The predicted molar refractivity (Wildman–Crippen MR) is 65.4 cm³/mol. The monoisotopic (exact) mass is 225 g/mol. The van der Waals surface area contributed by atoms with Crippen LogP contribution in [0.5, 0.6) is 0 Å². The average Bonchev–Trinajstić information content (AvgIpc) is 2.59. The second kappa shape index (κ2) is 5.42. The molecule has 0 radical (unpaired) electrons. The van der Waals surface area contributed by atoms with Crippen molar-refractivity contribution in [3.05, 3.63) is 21.9 Å². The number of hydrogen-bond acceptors (Lipinski definition) is 3. The normalized spacial score (nSPS) is 13.1. The number of carbonyl (C=O) groups excluding carboxylic acids is 1. The Balaban J connectivity index is 2.78. The maximum Gasteiger partial charge on any atom is 0.177 e. The molecule has 1 aromatic heterocycles. The van der Waals surface area contributed by atoms with Gasteiger partial charge in [-0.1, -0.05) is 13.8 Å². The summed E-state index contributed by atoms with van der Waals surface area (Å²) in [5.74, 6) is 0.726. The molecule has 15 heavy (non-hydrogen) atoms. The van der Waals surface area contributed by atoms with Crippen LogP contribution in [0.4, 0.5) is 0 Å². The van der Waals surface area contributed by atoms with Gasteiger partial charge in [0.1, 0.15) is 0 Å². The SMILES string of the molecule is Cc1ccsc1C(=O)C(CN)CC(C)C. The molecule has 0 fully saturated rings. The van der Waals surface area contributed by atoms with Gasteiger partial charge in [-0.05, 0) is 36.3 Å². The Morgan fingerprint density at radius 1 is 1.53 bits per heavy atom. The van der Waals surface area contributed by atoms with Crippen molar-refractivity contribution in [3.63, 3.8) is 0 Å². The van der Waals surface area contributed by atoms with Gasteiger partial charge in [-0.15, -0.1) is 11.3 Å². The Morgan fingerprint density at radius 3 is 2.60 bits per heavy atom. The number of thiophene rings is 1. The van der Waals surface area contributed by atoms with Gasteiger partial charge in [0.15, 0.2) is 5.78 Å². The maximum atomic E-state index is 12.1. The van der Waals surface area contributed by atoms with E-state index in [0.29, 0.717) is 12.5 Å². The van der Waals surface area contributed by atoms with E-state index >= 15 is 0 Å². The summed E-state index contributed by atoms with van der Waals surface area (Å²) in [6.45, 7) is 6.68. The van der Waals surface area contributed by atoms with Crippen LogP contribution in [-0.2, 0) is 0 Å². The van der Waals surface area contributed by atoms with Crippen molar-refractivity contribution in [2.75, 3.05) is 6.54 Å². The zero-order chi connectivity index (χ0) is 11.4. The number of hydrogen-bond donors (Lipinski definition) is 1. The van der Waals surface area contributed by atoms with E-state index in [9.17, 15) is 4.79 Å². The van der Waals surface area contributed by atoms with Gasteiger partial charge in [-0.3, -0.25) is 4.79 Å². The zero-order valence-corrected chi connectivity index (χ0v) is 10.4. The molecule has 1 unspecified atom stereocenters. The molecular weight excluding hydrogens is 206 g/mol. The Bertz CT molecular complexity index is 330. The molecular formula is C12H19NOS. The maximum absolute atomic E-state index is 12.1. The van der Waals surface area contributed by atoms with E-state index in [-0.39, 0.29) is 11.7 Å². The third-order valence-electron chi connectivity index (χ3n) is 2.50. The fourth-order valence-corrected chi connectivity index (χ4v) is 2.63. The molecule has 0 saturated carbocycles. The van der Waals surface area contributed by atoms with Crippen LogP contribution in [0.25, 0.3) is 0 Å². The Hall–Kier alpha value is -0.670. The average molecular weight is 225 g/mol. The molecule has 0 saturated heterocycles. The minimum atomic E-state index is -0.0117. The fraction of sp³-hybridized carbons (Fsp3) is 0.583. The van der Waals surface area contributed by atoms with Crippen LogP contribution in [0.3, 0.4) is 0 Å². The van der Waals surface area contributed by atoms with Crippen LogP contribution < -0.4 is 5.73 Å². The van der Waals surface area contributed by atoms with Gasteiger partial charge in [0.25, 0.3) is 0 Å². The number of aryl methyl sites for hydroxylation is 1. The number of rotatable bonds is 5. The van der Waals surface area contributed by atoms with E-state index in [2.05, 4.69) is 13.8 Å². The van der Waals surface area contributed by atoms with E-state index in [4.69, 9.17) is 5.73 Å². The van der Waals surface area contributed by atoms with Crippen molar-refractivity contribution in [2.45, 2.75) is 27.2 Å². The van der Waals surface area contributed by atoms with E-state index in [0.717, 1.165) is 16.9 Å². The number of nitrogens with two attached hydrogens (primary N) is 1. The Labute approximate surface area is 95.5 Å². The lowest BCUT2D eigenvalue weighted by Crippen LogP contribution is -2.25. The van der Waals surface area contributed by atoms with E-state index in [1.54, 1.807) is 0 Å². The first kappa shape index (κ1) is 12.4. The number of Topliss-reactive ketones (excluding diaryl/α,β-unsaturated/α-hetero) is 1. The van der Waals surface area contributed by atoms with E-state index in [1.807, 2.05) is 18.4 Å². The van der Waals surface area contributed by atoms with Gasteiger partial charge in [0, 0.05) is 12.5 Å². The van der Waals surface area contributed by atoms with E-state index < -0.39 is 0 Å². The van der Waals surface area contributed by atoms with Crippen LogP contribution in [0, 0.1) is 18.8 Å². The first-order chi connectivity index (χ1) is 7.06. The lowest BCUT2D eigenvalue weighted by Gasteiger charge is -2.15. The Morgan fingerprint density at radius 2 is 2.20 bits per heavy atom. The molecule has 3 heteroatoms. The molecule has 2 N–H and O–H groups in total. The molecule has 0 aromatic carbocycles. The highest BCUT2D eigenvalue weighted by Gasteiger charge is 2.21. The van der Waals surface area contributed by atoms with Crippen LogP contribution in [0.15, 0.2) is 11.4 Å². The molecule has 1 heterocycles. The molecule has 0 bridgehead atoms. The van der Waals surface area contributed by atoms with Crippen LogP contribution in [-0.4, -0.2) is 12.3 Å². The summed E-state index contributed by atoms with van der Waals surface area (Å²) in [6, 6.07) is 1.99. The third-order valence-corrected chi connectivity index (χ3v) is 3.53. The molecule has 0 amide bonds. The molecule has 2 nitrogen and oxygen atoms in total. The predicted octanol–water partition coefficient (Wildman–Crippen LogP) is 2.86. The van der Waals surface area contributed by atoms with Crippen molar-refractivity contribution in [2.24, 2.45) is 17.6 Å². The molecule has 1 rings (SSSR count). The lowest BCUT2D eigenvalue weighted by molar-refractivity contribution is 0.0912. The fourth-order valence-electron chi connectivity index (χ4n) is 1.69. The second-order valence-corrected chi connectivity index (χ2v) is 5.28. The smallest absolute Gasteiger partial charge is 0.177 e. The Kier molecular flexibility index (Phi) is 4.48. The summed E-state index contributed by atoms with van der Waals surface area (Å²) in [4.78, 5) is 13.0. The highest BCUT2D eigenvalue weighted by molar-refractivity contribution is 7.12. The summed E-state index contributed by atoms with van der Waals surface area (Å²) in [5.41, 5.74) is 6.74. The van der Waals surface area contributed by atoms with Crippen molar-refractivity contribution < 1.29 is 4.79 Å². The summed E-state index contributed by atoms with van der Waals surface area (Å²) in [6.07, 6.45) is 0.882. The van der Waals surface area contributed by atoms with Crippen LogP contribution >= 0.6 is 11.3 Å². The minimum Gasteiger partial charge on any atom is -0.330 e. The van der Waals surface area contributed by atoms with Crippen LogP contribution in [0.2, 0.25) is 0 Å². The molecule has 84 valence electrons. The summed E-state index contributed by atoms with van der Waals surface area (Å²) < 4.78 is 0. The van der Waals surface area contributed by atoms with Crippen molar-refractivity contribution in [3.8, 4) is 0 Å². The van der Waals surface area contributed by atoms with Gasteiger partial charge in [0.05, 0.1) is 4.88 Å². The first-order valence-corrected chi connectivity index (χ1v) is 6.22. The summed E-state index contributed by atoms with van der Waals surface area (Å²) >= 11 is 1.52. The van der Waals surface area contributed by atoms with Gasteiger partial charge in [-0.2, -0.15) is 0 Å². The second-order valence-electron chi connectivity index (χ2n) is 4.36. The summed E-state index contributed by atoms with van der Waals surface area (Å²) in [5, 5.41) is 1.96. The van der Waals surface area contributed by atoms with Crippen molar-refractivity contribution in [1.82, 2.24) is 0 Å². The van der Waals surface area contributed by atoms with Gasteiger partial charge in [0.2, 0.25) is 0 Å². The largest absolute Gasteiger partial charge is 0.330 e. The molecule has 0 aliphatic carbocycles. The molecule has 0 spiro atoms. The third kappa shape index (κ3) is 3.14. The van der Waals surface area contributed by atoms with Gasteiger partial charge >= 0.3 is 0 Å². The van der Waals surface area contributed by atoms with Crippen molar-refractivity contribution in [1.29, 1.82) is 0 Å². The molecule has 0 aliphatic rings. The molecule has 0 aliphatic heterocycles. The zero-order valence-electron chi connectivity index (χ0n) is 9.62. The topological polar surface area (TPSA) is 43.1 Å². The molecule has 1 atom stereocenters. The quantitative estimate of drug-likeness (QED) is 0.783. The standard InChI is InChI=1S/C12H19NOS/c1-8(2)6-10(7-13)11(14)12-9(3)4-5-15-12/h4-5,8,10H,6-7,13H2,1-3H3. The molecule has 1 aromatic rings. The highest BCUT2D eigenvalue weighted by Crippen LogP contribution is 2.22. The highest BCUT2D eigenvalue weighted by atomic mass is 32.1. The minimum absolute atomic E-state index is 0.0117. The van der Waals surface area contributed by atoms with E-state index in [1.165, 1.54) is 11.3 Å². The lowest BCUT2D eigenvalue weighted by atomic mass is 9.92.